The van der Waals surface area contributed by atoms with Gasteiger partial charge in [-0.15, -0.1) is 0 Å². The topological polar surface area (TPSA) is 93.5 Å². The number of hydrogen-bond donors (Lipinski definition) is 2. The van der Waals surface area contributed by atoms with Crippen molar-refractivity contribution in [1.82, 2.24) is 15.1 Å². The van der Waals surface area contributed by atoms with E-state index in [4.69, 9.17) is 9.84 Å². The highest BCUT2D eigenvalue weighted by molar-refractivity contribution is 5.94. The highest BCUT2D eigenvalue weighted by atomic mass is 16.5. The van der Waals surface area contributed by atoms with Crippen molar-refractivity contribution in [3.8, 4) is 0 Å². The first kappa shape index (κ1) is 16.2. The smallest absolute Gasteiger partial charge is 0.326 e. The molecule has 7 nitrogen and oxygen atoms in total. The number of amides is 1. The first-order chi connectivity index (χ1) is 9.43. The van der Waals surface area contributed by atoms with Crippen LogP contribution in [0, 0.1) is 5.92 Å². The van der Waals surface area contributed by atoms with Crippen molar-refractivity contribution in [2.24, 2.45) is 5.92 Å². The van der Waals surface area contributed by atoms with Crippen LogP contribution in [0.15, 0.2) is 12.3 Å². The number of nitrogens with one attached hydrogen (secondary N) is 1. The molecule has 0 aliphatic heterocycles. The van der Waals surface area contributed by atoms with E-state index in [0.29, 0.717) is 19.6 Å². The minimum absolute atomic E-state index is 0.177. The maximum absolute atomic E-state index is 11.9. The molecule has 0 aliphatic carbocycles. The third-order valence-electron chi connectivity index (χ3n) is 2.71. The van der Waals surface area contributed by atoms with E-state index in [9.17, 15) is 9.59 Å². The summed E-state index contributed by atoms with van der Waals surface area (Å²) in [6.07, 6.45) is 2.04. The normalized spacial score (nSPS) is 12.4. The molecular weight excluding hydrogens is 262 g/mol. The van der Waals surface area contributed by atoms with Gasteiger partial charge < -0.3 is 15.2 Å². The molecule has 1 amide bonds. The second kappa shape index (κ2) is 7.64. The number of carbonyl (C=O) groups excluding carboxylic acids is 1. The molecule has 0 saturated heterocycles. The van der Waals surface area contributed by atoms with Crippen molar-refractivity contribution in [3.63, 3.8) is 0 Å². The van der Waals surface area contributed by atoms with Gasteiger partial charge in [-0.3, -0.25) is 9.48 Å². The van der Waals surface area contributed by atoms with Gasteiger partial charge in [0, 0.05) is 13.3 Å². The van der Waals surface area contributed by atoms with Gasteiger partial charge in [0.05, 0.1) is 13.2 Å². The molecule has 0 aliphatic rings. The Kier molecular flexibility index (Phi) is 6.17. The van der Waals surface area contributed by atoms with Crippen molar-refractivity contribution in [2.45, 2.75) is 32.9 Å². The summed E-state index contributed by atoms with van der Waals surface area (Å²) in [4.78, 5) is 23.0. The van der Waals surface area contributed by atoms with Crippen molar-refractivity contribution in [1.29, 1.82) is 0 Å². The predicted molar refractivity (Wildman–Crippen MR) is 72.4 cm³/mol. The van der Waals surface area contributed by atoms with Crippen LogP contribution in [0.3, 0.4) is 0 Å². The zero-order valence-electron chi connectivity index (χ0n) is 12.0. The van der Waals surface area contributed by atoms with E-state index in [1.165, 1.54) is 0 Å². The highest BCUT2D eigenvalue weighted by Gasteiger charge is 2.22. The molecule has 7 heteroatoms. The average Bonchev–Trinajstić information content (AvgIpc) is 2.83. The van der Waals surface area contributed by atoms with Crippen LogP contribution in [0.5, 0.6) is 0 Å². The van der Waals surface area contributed by atoms with E-state index < -0.39 is 17.9 Å². The Morgan fingerprint density at radius 2 is 2.20 bits per heavy atom. The Hall–Kier alpha value is -1.89. The average molecular weight is 283 g/mol. The molecule has 0 radical (unpaired) electrons. The van der Waals surface area contributed by atoms with Crippen LogP contribution in [-0.4, -0.2) is 46.5 Å². The van der Waals surface area contributed by atoms with Crippen molar-refractivity contribution in [3.05, 3.63) is 18.0 Å². The van der Waals surface area contributed by atoms with Gasteiger partial charge in [0.25, 0.3) is 5.91 Å². The van der Waals surface area contributed by atoms with Gasteiger partial charge in [0.2, 0.25) is 0 Å². The molecule has 112 valence electrons. The van der Waals surface area contributed by atoms with Crippen LogP contribution >= 0.6 is 0 Å². The van der Waals surface area contributed by atoms with Crippen LogP contribution in [0.2, 0.25) is 0 Å². The number of nitrogens with zero attached hydrogens (tertiary/aromatic N) is 2. The number of carbonyl (C=O) groups is 2. The lowest BCUT2D eigenvalue weighted by Crippen LogP contribution is -2.41. The molecule has 0 unspecified atom stereocenters. The minimum atomic E-state index is -1.04. The summed E-state index contributed by atoms with van der Waals surface area (Å²) in [6.45, 7) is 4.84. The highest BCUT2D eigenvalue weighted by Crippen LogP contribution is 2.06. The van der Waals surface area contributed by atoms with E-state index >= 15 is 0 Å². The maximum atomic E-state index is 11.9. The minimum Gasteiger partial charge on any atom is -0.480 e. The van der Waals surface area contributed by atoms with Crippen LogP contribution < -0.4 is 5.32 Å². The van der Waals surface area contributed by atoms with Gasteiger partial charge in [-0.1, -0.05) is 13.8 Å². The summed E-state index contributed by atoms with van der Waals surface area (Å²) in [5.41, 5.74) is 0.205. The van der Waals surface area contributed by atoms with Gasteiger partial charge in [-0.2, -0.15) is 5.10 Å². The maximum Gasteiger partial charge on any atom is 0.326 e. The third kappa shape index (κ3) is 5.00. The standard InChI is InChI=1S/C13H21N3O4/c1-9(2)8-11(13(18)19)14-12(17)10-4-5-16(15-10)6-7-20-3/h4-5,9,11H,6-8H2,1-3H3,(H,14,17)(H,18,19)/t11-/m0/s1. The summed E-state index contributed by atoms with van der Waals surface area (Å²) in [5, 5.41) is 15.6. The molecule has 0 fully saturated rings. The molecule has 1 aromatic heterocycles. The predicted octanol–water partition coefficient (Wildman–Crippen LogP) is 0.759. The zero-order chi connectivity index (χ0) is 15.1. The monoisotopic (exact) mass is 283 g/mol. The summed E-state index contributed by atoms with van der Waals surface area (Å²) >= 11 is 0. The van der Waals surface area contributed by atoms with E-state index in [2.05, 4.69) is 10.4 Å². The van der Waals surface area contributed by atoms with E-state index in [0.717, 1.165) is 0 Å². The van der Waals surface area contributed by atoms with Gasteiger partial charge in [-0.05, 0) is 18.4 Å². The van der Waals surface area contributed by atoms with E-state index in [-0.39, 0.29) is 11.6 Å². The van der Waals surface area contributed by atoms with Crippen molar-refractivity contribution >= 4 is 11.9 Å². The van der Waals surface area contributed by atoms with Crippen molar-refractivity contribution < 1.29 is 19.4 Å². The lowest BCUT2D eigenvalue weighted by molar-refractivity contribution is -0.139. The number of aromatic nitrogens is 2. The molecule has 1 rings (SSSR count). The molecule has 1 atom stereocenters. The van der Waals surface area contributed by atoms with Gasteiger partial charge in [0.1, 0.15) is 11.7 Å². The molecule has 0 saturated carbocycles. The Morgan fingerprint density at radius 1 is 1.50 bits per heavy atom. The number of ether oxygens (including phenoxy) is 1. The fraction of sp³-hybridized carbons (Fsp3) is 0.615. The summed E-state index contributed by atoms with van der Waals surface area (Å²) in [7, 11) is 1.58. The Bertz CT molecular complexity index is 456. The molecule has 0 aromatic carbocycles. The largest absolute Gasteiger partial charge is 0.480 e. The Balaban J connectivity index is 2.64. The lowest BCUT2D eigenvalue weighted by atomic mass is 10.0. The summed E-state index contributed by atoms with van der Waals surface area (Å²) < 4.78 is 6.50. The molecule has 0 bridgehead atoms. The molecule has 2 N–H and O–H groups in total. The first-order valence-electron chi connectivity index (χ1n) is 6.50. The quantitative estimate of drug-likeness (QED) is 0.734. The van der Waals surface area contributed by atoms with Crippen molar-refractivity contribution in [2.75, 3.05) is 13.7 Å². The van der Waals surface area contributed by atoms with E-state index in [1.807, 2.05) is 13.8 Å². The molecule has 0 spiro atoms. The molecule has 1 heterocycles. The fourth-order valence-electron chi connectivity index (χ4n) is 1.72. The van der Waals surface area contributed by atoms with E-state index in [1.54, 1.807) is 24.1 Å². The lowest BCUT2D eigenvalue weighted by Gasteiger charge is -2.15. The number of methoxy groups -OCH3 is 1. The van der Waals surface area contributed by atoms with Crippen LogP contribution in [0.25, 0.3) is 0 Å². The fourth-order valence-corrected chi connectivity index (χ4v) is 1.72. The molecule has 20 heavy (non-hydrogen) atoms. The van der Waals surface area contributed by atoms with Crippen LogP contribution in [0.4, 0.5) is 0 Å². The number of hydrogen-bond acceptors (Lipinski definition) is 4. The van der Waals surface area contributed by atoms with Gasteiger partial charge in [0.15, 0.2) is 0 Å². The number of carboxylic acid groups (broad SMARTS) is 1. The summed E-state index contributed by atoms with van der Waals surface area (Å²) in [6, 6.07) is 0.658. The molecule has 1 aromatic rings. The summed E-state index contributed by atoms with van der Waals surface area (Å²) in [5.74, 6) is -1.34. The first-order valence-corrected chi connectivity index (χ1v) is 6.50. The third-order valence-corrected chi connectivity index (χ3v) is 2.71. The molecular formula is C13H21N3O4. The Morgan fingerprint density at radius 3 is 2.75 bits per heavy atom. The number of carboxylic acids is 1. The zero-order valence-corrected chi connectivity index (χ0v) is 12.0. The van der Waals surface area contributed by atoms with Crippen LogP contribution in [0.1, 0.15) is 30.8 Å². The number of aliphatic carboxylic acids is 1. The SMILES string of the molecule is COCCn1ccc(C(=O)N[C@@H](CC(C)C)C(=O)O)n1. The van der Waals surface area contributed by atoms with Gasteiger partial charge in [-0.25, -0.2) is 4.79 Å². The second-order valence-electron chi connectivity index (χ2n) is 4.95. The van der Waals surface area contributed by atoms with Crippen LogP contribution in [-0.2, 0) is 16.1 Å². The number of rotatable bonds is 8. The Labute approximate surface area is 117 Å². The van der Waals surface area contributed by atoms with Gasteiger partial charge >= 0.3 is 5.97 Å². The second-order valence-corrected chi connectivity index (χ2v) is 4.95.